The lowest BCUT2D eigenvalue weighted by atomic mass is 10.4. The fraction of sp³-hybridized carbons (Fsp3) is 0.538. The second kappa shape index (κ2) is 3.07. The largest absolute Gasteiger partial charge is 0.0942 e. The van der Waals surface area contributed by atoms with Crippen molar-refractivity contribution in [2.45, 2.75) is 37.0 Å². The van der Waals surface area contributed by atoms with Gasteiger partial charge in [-0.05, 0) is 37.8 Å². The molecular weight excluding hydrogens is 187 g/mol. The fourth-order valence-corrected chi connectivity index (χ4v) is 7.39. The Morgan fingerprint density at radius 3 is 1.86 bits per heavy atom. The van der Waals surface area contributed by atoms with Crippen LogP contribution in [0.25, 0.3) is 0 Å². The predicted molar refractivity (Wildman–Crippen MR) is 65.0 cm³/mol. The highest BCUT2D eigenvalue weighted by molar-refractivity contribution is 7.84. The van der Waals surface area contributed by atoms with Crippen LogP contribution in [0.15, 0.2) is 30.3 Å². The summed E-state index contributed by atoms with van der Waals surface area (Å²) in [5.41, 5.74) is 2.19. The quantitative estimate of drug-likeness (QED) is 0.664. The van der Waals surface area contributed by atoms with Crippen LogP contribution in [0.5, 0.6) is 0 Å². The average molecular weight is 205 g/mol. The zero-order valence-corrected chi connectivity index (χ0v) is 9.71. The summed E-state index contributed by atoms with van der Waals surface area (Å²) in [5, 5.41) is 1.70. The second-order valence-corrected chi connectivity index (χ2v) is 9.22. The highest BCUT2D eigenvalue weighted by Gasteiger charge is 2.58. The van der Waals surface area contributed by atoms with Crippen molar-refractivity contribution in [3.05, 3.63) is 30.3 Å². The van der Waals surface area contributed by atoms with Gasteiger partial charge in [-0.15, -0.1) is 0 Å². The molecule has 14 heavy (non-hydrogen) atoms. The van der Waals surface area contributed by atoms with Crippen molar-refractivity contribution in [2.24, 2.45) is 0 Å². The number of hydrogen-bond acceptors (Lipinski definition) is 0. The van der Waals surface area contributed by atoms with Crippen LogP contribution in [0.4, 0.5) is 0 Å². The van der Waals surface area contributed by atoms with Crippen molar-refractivity contribution in [2.75, 3.05) is 6.66 Å². The van der Waals surface area contributed by atoms with E-state index in [0.717, 1.165) is 11.3 Å². The number of rotatable bonds is 3. The van der Waals surface area contributed by atoms with Crippen molar-refractivity contribution in [1.82, 2.24) is 0 Å². The molecule has 0 spiro atoms. The first kappa shape index (κ1) is 8.92. The highest BCUT2D eigenvalue weighted by atomic mass is 31.2. The van der Waals surface area contributed by atoms with E-state index in [2.05, 4.69) is 37.0 Å². The molecule has 0 N–H and O–H groups in total. The molecule has 74 valence electrons. The maximum absolute atomic E-state index is 2.61. The van der Waals surface area contributed by atoms with Crippen LogP contribution in [-0.2, 0) is 0 Å². The Bertz CT molecular complexity index is 310. The van der Waals surface area contributed by atoms with Crippen LogP contribution in [0.3, 0.4) is 0 Å². The van der Waals surface area contributed by atoms with Gasteiger partial charge in [0.2, 0.25) is 0 Å². The van der Waals surface area contributed by atoms with E-state index in [1.54, 1.807) is 5.30 Å². The molecule has 0 aliphatic heterocycles. The van der Waals surface area contributed by atoms with Gasteiger partial charge in [-0.2, -0.15) is 0 Å². The van der Waals surface area contributed by atoms with Gasteiger partial charge < -0.3 is 0 Å². The Balaban J connectivity index is 1.98. The summed E-state index contributed by atoms with van der Waals surface area (Å²) in [4.78, 5) is 0. The summed E-state index contributed by atoms with van der Waals surface area (Å²) in [6, 6.07) is 11.3. The minimum absolute atomic E-state index is 0.743. The summed E-state index contributed by atoms with van der Waals surface area (Å²) >= 11 is 0. The molecule has 0 nitrogen and oxygen atoms in total. The molecule has 1 aromatic carbocycles. The minimum Gasteiger partial charge on any atom is -0.0620 e. The van der Waals surface area contributed by atoms with E-state index in [4.69, 9.17) is 0 Å². The molecule has 0 bridgehead atoms. The number of benzene rings is 1. The Labute approximate surface area is 87.1 Å². The van der Waals surface area contributed by atoms with Gasteiger partial charge in [0.25, 0.3) is 0 Å². The van der Waals surface area contributed by atoms with E-state index in [1.165, 1.54) is 25.7 Å². The zero-order valence-electron chi connectivity index (χ0n) is 8.82. The zero-order chi connectivity index (χ0) is 9.60. The SMILES string of the molecule is C[P+](c1ccccc1)(C1CC1)C1CC1. The summed E-state index contributed by atoms with van der Waals surface area (Å²) in [5.74, 6) is 0. The van der Waals surface area contributed by atoms with E-state index in [-0.39, 0.29) is 0 Å². The van der Waals surface area contributed by atoms with Crippen molar-refractivity contribution >= 4 is 12.6 Å². The minimum atomic E-state index is -0.743. The lowest BCUT2D eigenvalue weighted by Gasteiger charge is -2.22. The van der Waals surface area contributed by atoms with Crippen molar-refractivity contribution in [3.63, 3.8) is 0 Å². The molecule has 0 aromatic heterocycles. The van der Waals surface area contributed by atoms with Crippen LogP contribution in [-0.4, -0.2) is 18.0 Å². The molecular formula is C13H18P+. The first-order valence-corrected chi connectivity index (χ1v) is 8.11. The standard InChI is InChI=1S/C13H18P/c1-14(12-7-8-12,13-9-10-13)11-5-3-2-4-6-11/h2-6,12-13H,7-10H2,1H3/q+1. The Morgan fingerprint density at radius 1 is 0.929 bits per heavy atom. The van der Waals surface area contributed by atoms with Crippen molar-refractivity contribution in [3.8, 4) is 0 Å². The molecule has 1 heteroatoms. The van der Waals surface area contributed by atoms with Gasteiger partial charge in [0, 0.05) is 0 Å². The number of hydrogen-bond donors (Lipinski definition) is 0. The molecule has 0 saturated heterocycles. The summed E-state index contributed by atoms with van der Waals surface area (Å²) in [6.07, 6.45) is 6.04. The molecule has 3 rings (SSSR count). The fourth-order valence-electron chi connectivity index (χ4n) is 2.69. The molecule has 2 aliphatic rings. The summed E-state index contributed by atoms with van der Waals surface area (Å²) in [6.45, 7) is 2.61. The van der Waals surface area contributed by atoms with Crippen molar-refractivity contribution < 1.29 is 0 Å². The van der Waals surface area contributed by atoms with Gasteiger partial charge in [0.15, 0.2) is 0 Å². The Kier molecular flexibility index (Phi) is 1.96. The third-order valence-corrected chi connectivity index (χ3v) is 9.40. The van der Waals surface area contributed by atoms with E-state index in [9.17, 15) is 0 Å². The van der Waals surface area contributed by atoms with Gasteiger partial charge in [-0.1, -0.05) is 18.2 Å². The van der Waals surface area contributed by atoms with Crippen LogP contribution in [0, 0.1) is 0 Å². The third-order valence-electron chi connectivity index (χ3n) is 3.92. The summed E-state index contributed by atoms with van der Waals surface area (Å²) in [7, 11) is -0.743. The topological polar surface area (TPSA) is 0 Å². The molecule has 2 fully saturated rings. The lowest BCUT2D eigenvalue weighted by molar-refractivity contribution is 1.34. The van der Waals surface area contributed by atoms with E-state index >= 15 is 0 Å². The van der Waals surface area contributed by atoms with Gasteiger partial charge in [-0.3, -0.25) is 0 Å². The van der Waals surface area contributed by atoms with Gasteiger partial charge in [0.1, 0.15) is 0 Å². The first-order chi connectivity index (χ1) is 6.82. The van der Waals surface area contributed by atoms with E-state index < -0.39 is 7.26 Å². The van der Waals surface area contributed by atoms with Crippen LogP contribution in [0.1, 0.15) is 25.7 Å². The van der Waals surface area contributed by atoms with Gasteiger partial charge in [0.05, 0.1) is 30.5 Å². The first-order valence-electron chi connectivity index (χ1n) is 5.73. The molecule has 1 aromatic rings. The summed E-state index contributed by atoms with van der Waals surface area (Å²) < 4.78 is 0. The lowest BCUT2D eigenvalue weighted by Crippen LogP contribution is -2.17. The average Bonchev–Trinajstić information content (AvgIpc) is 3.06. The third kappa shape index (κ3) is 1.32. The molecule has 0 amide bonds. The maximum Gasteiger partial charge on any atom is 0.0942 e. The van der Waals surface area contributed by atoms with E-state index in [1.807, 2.05) is 0 Å². The maximum atomic E-state index is 2.61. The predicted octanol–water partition coefficient (Wildman–Crippen LogP) is 3.28. The monoisotopic (exact) mass is 205 g/mol. The second-order valence-electron chi connectivity index (χ2n) is 4.95. The van der Waals surface area contributed by atoms with Crippen LogP contribution < -0.4 is 5.30 Å². The smallest absolute Gasteiger partial charge is 0.0620 e. The molecule has 0 unspecified atom stereocenters. The normalized spacial score (nSPS) is 22.4. The van der Waals surface area contributed by atoms with Crippen LogP contribution in [0.2, 0.25) is 0 Å². The Hall–Kier alpha value is -0.350. The molecule has 0 radical (unpaired) electrons. The highest BCUT2D eigenvalue weighted by Crippen LogP contribution is 2.75. The van der Waals surface area contributed by atoms with E-state index in [0.29, 0.717) is 0 Å². The molecule has 2 saturated carbocycles. The Morgan fingerprint density at radius 2 is 1.43 bits per heavy atom. The molecule has 2 aliphatic carbocycles. The van der Waals surface area contributed by atoms with Crippen molar-refractivity contribution in [1.29, 1.82) is 0 Å². The molecule has 0 heterocycles. The van der Waals surface area contributed by atoms with Gasteiger partial charge >= 0.3 is 0 Å². The van der Waals surface area contributed by atoms with Crippen LogP contribution >= 0.6 is 7.26 Å². The molecule has 0 atom stereocenters. The van der Waals surface area contributed by atoms with Gasteiger partial charge in [-0.25, -0.2) is 0 Å².